The first kappa shape index (κ1) is 14.9. The largest absolute Gasteiger partial charge is 0.378 e. The van der Waals surface area contributed by atoms with Crippen molar-refractivity contribution in [1.82, 2.24) is 0 Å². The zero-order valence-corrected chi connectivity index (χ0v) is 13.0. The summed E-state index contributed by atoms with van der Waals surface area (Å²) in [6.45, 7) is 2.09. The minimum atomic E-state index is 0.159. The molecule has 0 heterocycles. The number of rotatable bonds is 3. The van der Waals surface area contributed by atoms with E-state index < -0.39 is 0 Å². The van der Waals surface area contributed by atoms with Gasteiger partial charge < -0.3 is 4.90 Å². The molecule has 0 bridgehead atoms. The van der Waals surface area contributed by atoms with Crippen molar-refractivity contribution in [1.29, 1.82) is 5.26 Å². The van der Waals surface area contributed by atoms with E-state index in [0.717, 1.165) is 0 Å². The van der Waals surface area contributed by atoms with E-state index in [1.54, 1.807) is 0 Å². The smallest absolute Gasteiger partial charge is 0.0656 e. The van der Waals surface area contributed by atoms with Gasteiger partial charge in [-0.15, -0.1) is 0 Å². The Hall–Kier alpha value is -1.49. The highest BCUT2D eigenvalue weighted by molar-refractivity contribution is 5.46. The van der Waals surface area contributed by atoms with Crippen molar-refractivity contribution < 1.29 is 0 Å². The molecule has 0 amide bonds. The number of hydrogen-bond donors (Lipinski definition) is 0. The molecule has 1 aliphatic carbocycles. The van der Waals surface area contributed by atoms with E-state index in [1.165, 1.54) is 43.4 Å². The zero-order valence-electron chi connectivity index (χ0n) is 13.0. The van der Waals surface area contributed by atoms with Crippen LogP contribution in [0.1, 0.15) is 50.5 Å². The third kappa shape index (κ3) is 3.33. The van der Waals surface area contributed by atoms with Crippen molar-refractivity contribution in [2.75, 3.05) is 19.0 Å². The van der Waals surface area contributed by atoms with Crippen molar-refractivity contribution >= 4 is 5.69 Å². The number of anilines is 1. The van der Waals surface area contributed by atoms with Crippen LogP contribution in [-0.4, -0.2) is 14.1 Å². The lowest BCUT2D eigenvalue weighted by atomic mass is 9.76. The van der Waals surface area contributed by atoms with Gasteiger partial charge in [-0.2, -0.15) is 5.26 Å². The molecule has 0 aliphatic heterocycles. The van der Waals surface area contributed by atoms with Gasteiger partial charge in [0.25, 0.3) is 0 Å². The lowest BCUT2D eigenvalue weighted by Gasteiger charge is -2.28. The Bertz CT molecular complexity index is 455. The predicted octanol–water partition coefficient (Wildman–Crippen LogP) is 4.58. The second-order valence-electron chi connectivity index (χ2n) is 6.31. The standard InChI is InChI=1S/C18H26N2/c1-14(13-19)17-7-5-4-6-8-18(17)15-9-11-16(12-10-15)20(2)3/h9-12,14,17-18H,4-8H2,1-3H3. The normalized spacial score (nSPS) is 24.5. The van der Waals surface area contributed by atoms with E-state index in [2.05, 4.69) is 56.3 Å². The predicted molar refractivity (Wildman–Crippen MR) is 84.9 cm³/mol. The van der Waals surface area contributed by atoms with Gasteiger partial charge in [0.2, 0.25) is 0 Å². The summed E-state index contributed by atoms with van der Waals surface area (Å²) in [5.41, 5.74) is 2.66. The molecule has 0 saturated heterocycles. The van der Waals surface area contributed by atoms with E-state index >= 15 is 0 Å². The van der Waals surface area contributed by atoms with E-state index in [-0.39, 0.29) is 5.92 Å². The molecule has 0 radical (unpaired) electrons. The van der Waals surface area contributed by atoms with Gasteiger partial charge >= 0.3 is 0 Å². The molecule has 3 atom stereocenters. The lowest BCUT2D eigenvalue weighted by Crippen LogP contribution is -2.18. The SMILES string of the molecule is CC(C#N)C1CCCCCC1c1ccc(N(C)C)cc1. The van der Waals surface area contributed by atoms with E-state index in [0.29, 0.717) is 11.8 Å². The fourth-order valence-electron chi connectivity index (χ4n) is 3.46. The van der Waals surface area contributed by atoms with Crippen LogP contribution >= 0.6 is 0 Å². The highest BCUT2D eigenvalue weighted by Gasteiger charge is 2.29. The van der Waals surface area contributed by atoms with E-state index in [4.69, 9.17) is 0 Å². The highest BCUT2D eigenvalue weighted by atomic mass is 15.1. The lowest BCUT2D eigenvalue weighted by molar-refractivity contribution is 0.331. The maximum absolute atomic E-state index is 9.30. The third-order valence-electron chi connectivity index (χ3n) is 4.75. The number of nitriles is 1. The molecule has 1 aliphatic rings. The average molecular weight is 270 g/mol. The third-order valence-corrected chi connectivity index (χ3v) is 4.75. The molecule has 1 aromatic carbocycles. The average Bonchev–Trinajstić information content (AvgIpc) is 2.72. The van der Waals surface area contributed by atoms with Crippen LogP contribution < -0.4 is 4.90 Å². The van der Waals surface area contributed by atoms with Crippen LogP contribution in [-0.2, 0) is 0 Å². The van der Waals surface area contributed by atoms with Crippen molar-refractivity contribution in [3.63, 3.8) is 0 Å². The fraction of sp³-hybridized carbons (Fsp3) is 0.611. The van der Waals surface area contributed by atoms with Crippen LogP contribution in [0.15, 0.2) is 24.3 Å². The first-order valence-corrected chi connectivity index (χ1v) is 7.80. The minimum Gasteiger partial charge on any atom is -0.378 e. The maximum atomic E-state index is 9.30. The van der Waals surface area contributed by atoms with Crippen LogP contribution in [0.4, 0.5) is 5.69 Å². The molecule has 1 fully saturated rings. The molecular weight excluding hydrogens is 244 g/mol. The quantitative estimate of drug-likeness (QED) is 0.752. The molecular formula is C18H26N2. The summed E-state index contributed by atoms with van der Waals surface area (Å²) >= 11 is 0. The Balaban J connectivity index is 2.24. The van der Waals surface area contributed by atoms with Gasteiger partial charge in [-0.05, 0) is 49.3 Å². The van der Waals surface area contributed by atoms with Crippen LogP contribution in [0.2, 0.25) is 0 Å². The molecule has 108 valence electrons. The highest BCUT2D eigenvalue weighted by Crippen LogP contribution is 2.40. The summed E-state index contributed by atoms with van der Waals surface area (Å²) in [6.07, 6.45) is 6.34. The zero-order chi connectivity index (χ0) is 14.5. The molecule has 2 heteroatoms. The molecule has 2 rings (SSSR count). The Morgan fingerprint density at radius 1 is 1.10 bits per heavy atom. The number of benzene rings is 1. The summed E-state index contributed by atoms with van der Waals surface area (Å²) in [7, 11) is 4.14. The topological polar surface area (TPSA) is 27.0 Å². The van der Waals surface area contributed by atoms with Gasteiger partial charge in [0.1, 0.15) is 0 Å². The Kier molecular flexibility index (Phi) is 5.06. The maximum Gasteiger partial charge on any atom is 0.0656 e. The Morgan fingerprint density at radius 3 is 2.35 bits per heavy atom. The molecule has 1 aromatic rings. The summed E-state index contributed by atoms with van der Waals surface area (Å²) < 4.78 is 0. The van der Waals surface area contributed by atoms with Crippen molar-refractivity contribution in [2.24, 2.45) is 11.8 Å². The number of hydrogen-bond acceptors (Lipinski definition) is 2. The van der Waals surface area contributed by atoms with Crippen LogP contribution in [0, 0.1) is 23.2 Å². The second kappa shape index (κ2) is 6.79. The van der Waals surface area contributed by atoms with Gasteiger partial charge in [-0.1, -0.05) is 31.4 Å². The minimum absolute atomic E-state index is 0.159. The molecule has 1 saturated carbocycles. The molecule has 3 unspecified atom stereocenters. The second-order valence-corrected chi connectivity index (χ2v) is 6.31. The van der Waals surface area contributed by atoms with Gasteiger partial charge in [-0.25, -0.2) is 0 Å². The first-order chi connectivity index (χ1) is 9.63. The van der Waals surface area contributed by atoms with Crippen LogP contribution in [0.3, 0.4) is 0 Å². The van der Waals surface area contributed by atoms with Crippen molar-refractivity contribution in [2.45, 2.75) is 44.9 Å². The number of nitrogens with zero attached hydrogens (tertiary/aromatic N) is 2. The van der Waals surface area contributed by atoms with Gasteiger partial charge in [0, 0.05) is 25.7 Å². The fourth-order valence-corrected chi connectivity index (χ4v) is 3.46. The molecule has 2 nitrogen and oxygen atoms in total. The summed E-state index contributed by atoms with van der Waals surface area (Å²) in [4.78, 5) is 2.13. The molecule has 0 spiro atoms. The van der Waals surface area contributed by atoms with Gasteiger partial charge in [-0.3, -0.25) is 0 Å². The first-order valence-electron chi connectivity index (χ1n) is 7.80. The molecule has 0 N–H and O–H groups in total. The molecule has 0 aromatic heterocycles. The summed E-state index contributed by atoms with van der Waals surface area (Å²) in [5.74, 6) is 1.24. The van der Waals surface area contributed by atoms with Crippen LogP contribution in [0.5, 0.6) is 0 Å². The summed E-state index contributed by atoms with van der Waals surface area (Å²) in [5, 5.41) is 9.30. The van der Waals surface area contributed by atoms with E-state index in [1.807, 2.05) is 0 Å². The Labute approximate surface area is 123 Å². The van der Waals surface area contributed by atoms with Crippen molar-refractivity contribution in [3.8, 4) is 6.07 Å². The van der Waals surface area contributed by atoms with Crippen LogP contribution in [0.25, 0.3) is 0 Å². The van der Waals surface area contributed by atoms with E-state index in [9.17, 15) is 5.26 Å². The monoisotopic (exact) mass is 270 g/mol. The summed E-state index contributed by atoms with van der Waals surface area (Å²) in [6, 6.07) is 11.4. The van der Waals surface area contributed by atoms with Gasteiger partial charge in [0.05, 0.1) is 6.07 Å². The molecule has 20 heavy (non-hydrogen) atoms. The Morgan fingerprint density at radius 2 is 1.75 bits per heavy atom. The van der Waals surface area contributed by atoms with Crippen molar-refractivity contribution in [3.05, 3.63) is 29.8 Å². The van der Waals surface area contributed by atoms with Gasteiger partial charge in [0.15, 0.2) is 0 Å².